The number of aromatic nitrogens is 2. The van der Waals surface area contributed by atoms with E-state index in [0.29, 0.717) is 18.1 Å². The van der Waals surface area contributed by atoms with Crippen LogP contribution in [0.1, 0.15) is 17.3 Å². The molecule has 2 heterocycles. The van der Waals surface area contributed by atoms with Gasteiger partial charge in [-0.25, -0.2) is 9.97 Å². The number of anilines is 1. The third-order valence-electron chi connectivity index (χ3n) is 2.24. The van der Waals surface area contributed by atoms with Gasteiger partial charge in [0.05, 0.1) is 12.2 Å². The normalized spacial score (nSPS) is 10.4. The summed E-state index contributed by atoms with van der Waals surface area (Å²) in [5.41, 5.74) is 1.53. The van der Waals surface area contributed by atoms with Crippen LogP contribution in [0.3, 0.4) is 0 Å². The highest BCUT2D eigenvalue weighted by Gasteiger charge is 2.05. The van der Waals surface area contributed by atoms with E-state index in [-0.39, 0.29) is 0 Å². The first-order valence-corrected chi connectivity index (χ1v) is 4.93. The number of aryl methyl sites for hydroxylation is 2. The minimum Gasteiger partial charge on any atom is -0.444 e. The topological polar surface area (TPSA) is 51.0 Å². The van der Waals surface area contributed by atoms with Crippen molar-refractivity contribution in [2.75, 3.05) is 5.32 Å². The summed E-state index contributed by atoms with van der Waals surface area (Å²) >= 11 is 0. The van der Waals surface area contributed by atoms with Crippen molar-refractivity contribution in [2.45, 2.75) is 20.4 Å². The van der Waals surface area contributed by atoms with Crippen LogP contribution in [-0.2, 0) is 6.54 Å². The Morgan fingerprint density at radius 2 is 2.25 bits per heavy atom. The van der Waals surface area contributed by atoms with Crippen LogP contribution in [0.4, 0.5) is 10.1 Å². The average molecular weight is 221 g/mol. The first kappa shape index (κ1) is 10.6. The lowest BCUT2D eigenvalue weighted by Crippen LogP contribution is -2.00. The Balaban J connectivity index is 2.02. The molecule has 0 unspecified atom stereocenters. The van der Waals surface area contributed by atoms with Gasteiger partial charge < -0.3 is 9.73 Å². The quantitative estimate of drug-likeness (QED) is 0.809. The number of halogens is 1. The standard InChI is InChI=1S/C11H12FN3O/c1-7-8(2)16-11(15-7)6-14-9-3-4-13-10(12)5-9/h3-5H,6H2,1-2H3,(H,13,14). The number of nitrogens with one attached hydrogen (secondary N) is 1. The van der Waals surface area contributed by atoms with E-state index in [2.05, 4.69) is 15.3 Å². The number of hydrogen-bond acceptors (Lipinski definition) is 4. The van der Waals surface area contributed by atoms with Crippen LogP contribution in [0.25, 0.3) is 0 Å². The molecule has 0 aliphatic rings. The molecule has 0 fully saturated rings. The van der Waals surface area contributed by atoms with Crippen LogP contribution in [-0.4, -0.2) is 9.97 Å². The summed E-state index contributed by atoms with van der Waals surface area (Å²) in [6.45, 7) is 4.17. The van der Waals surface area contributed by atoms with E-state index >= 15 is 0 Å². The Morgan fingerprint density at radius 1 is 1.44 bits per heavy atom. The summed E-state index contributed by atoms with van der Waals surface area (Å²) in [5, 5.41) is 3.01. The predicted molar refractivity (Wildman–Crippen MR) is 57.5 cm³/mol. The molecule has 0 saturated heterocycles. The van der Waals surface area contributed by atoms with Gasteiger partial charge in [0.2, 0.25) is 11.8 Å². The molecule has 2 aromatic heterocycles. The molecule has 5 heteroatoms. The van der Waals surface area contributed by atoms with Gasteiger partial charge in [0.1, 0.15) is 5.76 Å². The van der Waals surface area contributed by atoms with Gasteiger partial charge in [-0.1, -0.05) is 0 Å². The molecule has 0 bridgehead atoms. The number of rotatable bonds is 3. The molecular formula is C11H12FN3O. The van der Waals surface area contributed by atoms with Crippen molar-refractivity contribution in [2.24, 2.45) is 0 Å². The van der Waals surface area contributed by atoms with E-state index in [1.807, 2.05) is 13.8 Å². The maximum absolute atomic E-state index is 12.8. The number of oxazole rings is 1. The minimum atomic E-state index is -0.509. The molecule has 2 rings (SSSR count). The second kappa shape index (κ2) is 4.30. The summed E-state index contributed by atoms with van der Waals surface area (Å²) in [4.78, 5) is 7.68. The summed E-state index contributed by atoms with van der Waals surface area (Å²) in [6, 6.07) is 3.01. The Morgan fingerprint density at radius 3 is 2.88 bits per heavy atom. The van der Waals surface area contributed by atoms with Gasteiger partial charge in [0.15, 0.2) is 0 Å². The number of hydrogen-bond donors (Lipinski definition) is 1. The Hall–Kier alpha value is -1.91. The fourth-order valence-electron chi connectivity index (χ4n) is 1.30. The molecule has 1 N–H and O–H groups in total. The molecule has 2 aromatic rings. The fraction of sp³-hybridized carbons (Fsp3) is 0.273. The van der Waals surface area contributed by atoms with Crippen LogP contribution < -0.4 is 5.32 Å². The van der Waals surface area contributed by atoms with E-state index in [0.717, 1.165) is 11.5 Å². The lowest BCUT2D eigenvalue weighted by Gasteiger charge is -2.02. The van der Waals surface area contributed by atoms with Crippen molar-refractivity contribution in [1.29, 1.82) is 0 Å². The van der Waals surface area contributed by atoms with Crippen molar-refractivity contribution in [3.63, 3.8) is 0 Å². The highest BCUT2D eigenvalue weighted by Crippen LogP contribution is 2.11. The Labute approximate surface area is 92.5 Å². The predicted octanol–water partition coefficient (Wildman–Crippen LogP) is 2.44. The number of nitrogens with zero attached hydrogens (tertiary/aromatic N) is 2. The first-order valence-electron chi connectivity index (χ1n) is 4.93. The van der Waals surface area contributed by atoms with Crippen molar-refractivity contribution in [3.05, 3.63) is 41.6 Å². The maximum atomic E-state index is 12.8. The Kier molecular flexibility index (Phi) is 2.85. The van der Waals surface area contributed by atoms with Crippen LogP contribution in [0.2, 0.25) is 0 Å². The van der Waals surface area contributed by atoms with Crippen LogP contribution in [0.5, 0.6) is 0 Å². The van der Waals surface area contributed by atoms with E-state index in [4.69, 9.17) is 4.42 Å². The lowest BCUT2D eigenvalue weighted by molar-refractivity contribution is 0.478. The largest absolute Gasteiger partial charge is 0.444 e. The maximum Gasteiger partial charge on any atom is 0.214 e. The summed E-state index contributed by atoms with van der Waals surface area (Å²) in [5.74, 6) is 0.884. The molecule has 0 aromatic carbocycles. The van der Waals surface area contributed by atoms with Gasteiger partial charge in [-0.05, 0) is 19.9 Å². The monoisotopic (exact) mass is 221 g/mol. The van der Waals surface area contributed by atoms with E-state index in [1.165, 1.54) is 12.3 Å². The van der Waals surface area contributed by atoms with E-state index in [9.17, 15) is 4.39 Å². The molecule has 0 aliphatic carbocycles. The second-order valence-corrected chi connectivity index (χ2v) is 3.47. The zero-order chi connectivity index (χ0) is 11.5. The van der Waals surface area contributed by atoms with Crippen molar-refractivity contribution in [1.82, 2.24) is 9.97 Å². The second-order valence-electron chi connectivity index (χ2n) is 3.47. The Bertz CT molecular complexity index is 476. The molecule has 84 valence electrons. The molecule has 0 radical (unpaired) electrons. The van der Waals surface area contributed by atoms with E-state index < -0.39 is 5.95 Å². The number of pyridine rings is 1. The third-order valence-corrected chi connectivity index (χ3v) is 2.24. The third kappa shape index (κ3) is 2.36. The zero-order valence-corrected chi connectivity index (χ0v) is 9.12. The molecule has 16 heavy (non-hydrogen) atoms. The molecule has 0 atom stereocenters. The molecule has 0 spiro atoms. The van der Waals surface area contributed by atoms with Gasteiger partial charge in [0.25, 0.3) is 0 Å². The fourth-order valence-corrected chi connectivity index (χ4v) is 1.30. The van der Waals surface area contributed by atoms with Crippen molar-refractivity contribution < 1.29 is 8.81 Å². The smallest absolute Gasteiger partial charge is 0.214 e. The highest BCUT2D eigenvalue weighted by atomic mass is 19.1. The molecule has 4 nitrogen and oxygen atoms in total. The summed E-state index contributed by atoms with van der Waals surface area (Å²) < 4.78 is 18.2. The van der Waals surface area contributed by atoms with Crippen LogP contribution in [0.15, 0.2) is 22.7 Å². The van der Waals surface area contributed by atoms with E-state index in [1.54, 1.807) is 6.07 Å². The van der Waals surface area contributed by atoms with Crippen molar-refractivity contribution >= 4 is 5.69 Å². The summed E-state index contributed by atoms with van der Waals surface area (Å²) in [6.07, 6.45) is 1.41. The van der Waals surface area contributed by atoms with Gasteiger partial charge >= 0.3 is 0 Å². The van der Waals surface area contributed by atoms with Gasteiger partial charge in [-0.3, -0.25) is 0 Å². The molecule has 0 saturated carbocycles. The SMILES string of the molecule is Cc1nc(CNc2ccnc(F)c2)oc1C. The first-order chi connectivity index (χ1) is 7.65. The highest BCUT2D eigenvalue weighted by molar-refractivity contribution is 5.41. The van der Waals surface area contributed by atoms with Crippen molar-refractivity contribution in [3.8, 4) is 0 Å². The van der Waals surface area contributed by atoms with Gasteiger partial charge in [-0.15, -0.1) is 0 Å². The molecule has 0 amide bonds. The van der Waals surface area contributed by atoms with Crippen LogP contribution in [0, 0.1) is 19.8 Å². The lowest BCUT2D eigenvalue weighted by atomic mass is 10.4. The molecular weight excluding hydrogens is 209 g/mol. The minimum absolute atomic E-state index is 0.429. The summed E-state index contributed by atoms with van der Waals surface area (Å²) in [7, 11) is 0. The average Bonchev–Trinajstić information content (AvgIpc) is 2.56. The van der Waals surface area contributed by atoms with Gasteiger partial charge in [0, 0.05) is 18.0 Å². The van der Waals surface area contributed by atoms with Crippen LogP contribution >= 0.6 is 0 Å². The molecule has 0 aliphatic heterocycles. The van der Waals surface area contributed by atoms with Gasteiger partial charge in [-0.2, -0.15) is 4.39 Å². The zero-order valence-electron chi connectivity index (χ0n) is 9.12.